The van der Waals surface area contributed by atoms with Gasteiger partial charge in [-0.15, -0.1) is 0 Å². The highest BCUT2D eigenvalue weighted by atomic mass is 16.6. The molecule has 0 saturated carbocycles. The van der Waals surface area contributed by atoms with Crippen molar-refractivity contribution in [1.29, 1.82) is 0 Å². The molecule has 0 rings (SSSR count). The van der Waals surface area contributed by atoms with E-state index in [0.29, 0.717) is 19.4 Å². The molecule has 0 aromatic rings. The number of ether oxygens (including phenoxy) is 3. The molecule has 0 aliphatic rings. The van der Waals surface area contributed by atoms with Crippen molar-refractivity contribution in [3.63, 3.8) is 0 Å². The Morgan fingerprint density at radius 1 is 0.397 bits per heavy atom. The zero-order valence-electron chi connectivity index (χ0n) is 38.6. The fourth-order valence-electron chi connectivity index (χ4n) is 6.90. The number of rotatable bonds is 45. The number of esters is 2. The topological polar surface area (TPSA) is 61.8 Å². The number of carbonyl (C=O) groups excluding carboxylic acids is 2. The fourth-order valence-corrected chi connectivity index (χ4v) is 6.90. The highest BCUT2D eigenvalue weighted by Crippen LogP contribution is 2.15. The van der Waals surface area contributed by atoms with Crippen LogP contribution in [0.5, 0.6) is 0 Å². The second-order valence-corrected chi connectivity index (χ2v) is 16.4. The van der Waals surface area contributed by atoms with E-state index in [9.17, 15) is 9.59 Å². The first-order valence-electron chi connectivity index (χ1n) is 24.8. The molecule has 0 aliphatic heterocycles. The van der Waals surface area contributed by atoms with Crippen LogP contribution in [-0.4, -0.2) is 37.9 Å². The Kier molecular flexibility index (Phi) is 46.9. The lowest BCUT2D eigenvalue weighted by atomic mass is 10.0. The number of carbonyl (C=O) groups is 2. The van der Waals surface area contributed by atoms with E-state index in [1.165, 1.54) is 135 Å². The molecule has 5 heteroatoms. The van der Waals surface area contributed by atoms with Gasteiger partial charge in [0.15, 0.2) is 6.10 Å². The van der Waals surface area contributed by atoms with Crippen LogP contribution in [0.1, 0.15) is 239 Å². The molecular formula is C53H94O5. The second-order valence-electron chi connectivity index (χ2n) is 16.4. The number of allylic oxidation sites excluding steroid dienone is 10. The van der Waals surface area contributed by atoms with E-state index in [4.69, 9.17) is 14.2 Å². The van der Waals surface area contributed by atoms with E-state index in [0.717, 1.165) is 70.6 Å². The van der Waals surface area contributed by atoms with Gasteiger partial charge in [0.1, 0.15) is 6.61 Å². The van der Waals surface area contributed by atoms with Gasteiger partial charge in [0.2, 0.25) is 0 Å². The minimum Gasteiger partial charge on any atom is -0.462 e. The molecule has 1 atom stereocenters. The number of unbranched alkanes of at least 4 members (excludes halogenated alkanes) is 24. The minimum absolute atomic E-state index is 0.0588. The Balaban J connectivity index is 4.32. The van der Waals surface area contributed by atoms with Crippen LogP contribution in [0, 0.1) is 0 Å². The highest BCUT2D eigenvalue weighted by Gasteiger charge is 2.17. The van der Waals surface area contributed by atoms with Crippen LogP contribution in [0.15, 0.2) is 60.8 Å². The van der Waals surface area contributed by atoms with Crippen LogP contribution < -0.4 is 0 Å². The van der Waals surface area contributed by atoms with Crippen LogP contribution in [0.25, 0.3) is 0 Å². The Bertz CT molecular complexity index is 1010. The third-order valence-corrected chi connectivity index (χ3v) is 10.6. The van der Waals surface area contributed by atoms with E-state index in [2.05, 4.69) is 81.5 Å². The van der Waals surface area contributed by atoms with Crippen molar-refractivity contribution in [2.45, 2.75) is 245 Å². The minimum atomic E-state index is -0.554. The summed E-state index contributed by atoms with van der Waals surface area (Å²) in [4.78, 5) is 25.3. The van der Waals surface area contributed by atoms with Gasteiger partial charge >= 0.3 is 11.9 Å². The summed E-state index contributed by atoms with van der Waals surface area (Å²) in [6.07, 6.45) is 60.8. The molecule has 1 unspecified atom stereocenters. The van der Waals surface area contributed by atoms with E-state index in [1.807, 2.05) is 0 Å². The van der Waals surface area contributed by atoms with Crippen LogP contribution in [0.4, 0.5) is 0 Å². The van der Waals surface area contributed by atoms with Gasteiger partial charge in [-0.05, 0) is 57.8 Å². The Hall–Kier alpha value is -2.40. The lowest BCUT2D eigenvalue weighted by Gasteiger charge is -2.18. The largest absolute Gasteiger partial charge is 0.462 e. The lowest BCUT2D eigenvalue weighted by Crippen LogP contribution is -2.30. The third kappa shape index (κ3) is 46.3. The average Bonchev–Trinajstić information content (AvgIpc) is 3.22. The third-order valence-electron chi connectivity index (χ3n) is 10.6. The first kappa shape index (κ1) is 55.6. The SMILES string of the molecule is CC/C=C\C/C=C\C/C=C\C/C=C\C/C=C\CCCC(=O)OCC(COCCCCCCCCCCCCCCCC)OC(=O)CCCCCCCCCCCCC. The molecular weight excluding hydrogens is 717 g/mol. The smallest absolute Gasteiger partial charge is 0.306 e. The zero-order valence-corrected chi connectivity index (χ0v) is 38.6. The maximum atomic E-state index is 12.7. The fraction of sp³-hybridized carbons (Fsp3) is 0.774. The van der Waals surface area contributed by atoms with Gasteiger partial charge in [0.05, 0.1) is 6.61 Å². The van der Waals surface area contributed by atoms with Gasteiger partial charge in [-0.1, -0.05) is 229 Å². The van der Waals surface area contributed by atoms with Crippen molar-refractivity contribution in [3.8, 4) is 0 Å². The molecule has 0 N–H and O–H groups in total. The lowest BCUT2D eigenvalue weighted by molar-refractivity contribution is -0.163. The monoisotopic (exact) mass is 811 g/mol. The summed E-state index contributed by atoms with van der Waals surface area (Å²) < 4.78 is 17.3. The summed E-state index contributed by atoms with van der Waals surface area (Å²) in [5.74, 6) is -0.457. The summed E-state index contributed by atoms with van der Waals surface area (Å²) >= 11 is 0. The Morgan fingerprint density at radius 3 is 1.22 bits per heavy atom. The number of hydrogen-bond acceptors (Lipinski definition) is 5. The molecule has 5 nitrogen and oxygen atoms in total. The predicted molar refractivity (Wildman–Crippen MR) is 251 cm³/mol. The van der Waals surface area contributed by atoms with E-state index < -0.39 is 6.10 Å². The quantitative estimate of drug-likeness (QED) is 0.0348. The molecule has 336 valence electrons. The van der Waals surface area contributed by atoms with Crippen LogP contribution in [-0.2, 0) is 23.8 Å². The second kappa shape index (κ2) is 49.0. The van der Waals surface area contributed by atoms with Gasteiger partial charge in [0.25, 0.3) is 0 Å². The van der Waals surface area contributed by atoms with Crippen LogP contribution in [0.3, 0.4) is 0 Å². The molecule has 0 amide bonds. The van der Waals surface area contributed by atoms with Crippen molar-refractivity contribution < 1.29 is 23.8 Å². The van der Waals surface area contributed by atoms with Crippen molar-refractivity contribution >= 4 is 11.9 Å². The van der Waals surface area contributed by atoms with E-state index in [1.54, 1.807) is 0 Å². The molecule has 0 fully saturated rings. The molecule has 0 radical (unpaired) electrons. The summed E-state index contributed by atoms with van der Waals surface area (Å²) in [6.45, 7) is 7.67. The Labute approximate surface area is 360 Å². The molecule has 58 heavy (non-hydrogen) atoms. The van der Waals surface area contributed by atoms with E-state index >= 15 is 0 Å². The highest BCUT2D eigenvalue weighted by molar-refractivity contribution is 5.70. The summed E-state index contributed by atoms with van der Waals surface area (Å²) in [5.41, 5.74) is 0. The van der Waals surface area contributed by atoms with E-state index in [-0.39, 0.29) is 25.2 Å². The molecule has 0 aromatic heterocycles. The summed E-state index contributed by atoms with van der Waals surface area (Å²) in [6, 6.07) is 0. The first-order chi connectivity index (χ1) is 28.6. The normalized spacial score (nSPS) is 12.7. The molecule has 0 saturated heterocycles. The molecule has 0 bridgehead atoms. The van der Waals surface area contributed by atoms with Crippen molar-refractivity contribution in [3.05, 3.63) is 60.8 Å². The first-order valence-corrected chi connectivity index (χ1v) is 24.8. The maximum Gasteiger partial charge on any atom is 0.306 e. The zero-order chi connectivity index (χ0) is 42.1. The maximum absolute atomic E-state index is 12.7. The summed E-state index contributed by atoms with van der Waals surface area (Å²) in [7, 11) is 0. The van der Waals surface area contributed by atoms with Crippen molar-refractivity contribution in [2.75, 3.05) is 19.8 Å². The standard InChI is InChI=1S/C53H94O5/c1-4-7-10-13-16-19-22-24-26-27-28-29-32-34-37-40-43-46-52(54)57-50-51(58-53(55)47-44-41-38-35-31-21-18-15-12-9-6-3)49-56-48-45-42-39-36-33-30-25-23-20-17-14-11-8-5-2/h7,10,16,19,24,26,28-29,34,37,51H,4-6,8-9,11-15,17-18,20-23,25,27,30-33,35-36,38-50H2,1-3H3/b10-7-,19-16-,26-24-,29-28-,37-34-. The number of hydrogen-bond donors (Lipinski definition) is 0. The molecule has 0 spiro atoms. The molecule has 0 aromatic carbocycles. The molecule has 0 aliphatic carbocycles. The summed E-state index contributed by atoms with van der Waals surface area (Å²) in [5, 5.41) is 0. The van der Waals surface area contributed by atoms with Gasteiger partial charge in [0, 0.05) is 19.4 Å². The van der Waals surface area contributed by atoms with Gasteiger partial charge in [-0.25, -0.2) is 0 Å². The average molecular weight is 811 g/mol. The van der Waals surface area contributed by atoms with Gasteiger partial charge in [-0.3, -0.25) is 9.59 Å². The predicted octanol–water partition coefficient (Wildman–Crippen LogP) is 16.6. The van der Waals surface area contributed by atoms with Gasteiger partial charge < -0.3 is 14.2 Å². The molecule has 0 heterocycles. The van der Waals surface area contributed by atoms with Crippen LogP contribution in [0.2, 0.25) is 0 Å². The Morgan fingerprint density at radius 2 is 0.776 bits per heavy atom. The van der Waals surface area contributed by atoms with Gasteiger partial charge in [-0.2, -0.15) is 0 Å². The van der Waals surface area contributed by atoms with Crippen molar-refractivity contribution in [1.82, 2.24) is 0 Å². The van der Waals surface area contributed by atoms with Crippen LogP contribution >= 0.6 is 0 Å². The van der Waals surface area contributed by atoms with Crippen molar-refractivity contribution in [2.24, 2.45) is 0 Å².